The summed E-state index contributed by atoms with van der Waals surface area (Å²) >= 11 is 5.95. The number of hydrogen-bond acceptors (Lipinski definition) is 5. The summed E-state index contributed by atoms with van der Waals surface area (Å²) in [6, 6.07) is 9.98. The van der Waals surface area contributed by atoms with Crippen molar-refractivity contribution < 1.29 is 9.83 Å². The van der Waals surface area contributed by atoms with E-state index in [1.807, 2.05) is 13.8 Å². The van der Waals surface area contributed by atoms with Crippen LogP contribution in [0, 0.1) is 21.4 Å². The quantitative estimate of drug-likeness (QED) is 0.233. The summed E-state index contributed by atoms with van der Waals surface area (Å²) in [4.78, 5) is 32.9. The van der Waals surface area contributed by atoms with Crippen LogP contribution in [0.5, 0.6) is 0 Å². The van der Waals surface area contributed by atoms with Gasteiger partial charge >= 0.3 is 0 Å². The highest BCUT2D eigenvalue weighted by molar-refractivity contribution is 6.30. The number of halogens is 1. The van der Waals surface area contributed by atoms with Crippen LogP contribution in [-0.2, 0) is 0 Å². The number of carbonyl (C=O) groups is 1. The van der Waals surface area contributed by atoms with Crippen LogP contribution in [0.1, 0.15) is 56.3 Å². The van der Waals surface area contributed by atoms with Crippen molar-refractivity contribution in [1.29, 1.82) is 0 Å². The molecule has 0 radical (unpaired) electrons. The SMILES string of the molecule is CC(C)(C1CCCCC1)C(/N=C(/Nc1cccnc1)N[N+](=O)[O-])NC(=O)c1ccc(Cl)cc1. The lowest BCUT2D eigenvalue weighted by molar-refractivity contribution is -0.525. The number of carbonyl (C=O) groups excluding carboxylic acids is 1. The van der Waals surface area contributed by atoms with Gasteiger partial charge in [0.2, 0.25) is 0 Å². The zero-order valence-corrected chi connectivity index (χ0v) is 19.5. The average Bonchev–Trinajstić information content (AvgIpc) is 2.80. The predicted octanol–water partition coefficient (Wildman–Crippen LogP) is 4.65. The molecule has 1 amide bonds. The number of aliphatic imine (C=N–C) groups is 1. The normalized spacial score (nSPS) is 16.0. The average molecular weight is 473 g/mol. The molecule has 0 bridgehead atoms. The van der Waals surface area contributed by atoms with Gasteiger partial charge in [-0.15, -0.1) is 0 Å². The third-order valence-electron chi connectivity index (χ3n) is 6.12. The molecule has 1 aromatic carbocycles. The van der Waals surface area contributed by atoms with E-state index in [0.29, 0.717) is 22.2 Å². The van der Waals surface area contributed by atoms with Crippen LogP contribution in [0.4, 0.5) is 5.69 Å². The van der Waals surface area contributed by atoms with Crippen molar-refractivity contribution in [2.75, 3.05) is 5.32 Å². The van der Waals surface area contributed by atoms with E-state index < -0.39 is 16.6 Å². The van der Waals surface area contributed by atoms with Gasteiger partial charge in [-0.25, -0.2) is 15.1 Å². The molecule has 10 heteroatoms. The van der Waals surface area contributed by atoms with Gasteiger partial charge < -0.3 is 10.6 Å². The van der Waals surface area contributed by atoms with Gasteiger partial charge in [-0.3, -0.25) is 9.78 Å². The molecule has 1 heterocycles. The number of nitro groups is 1. The number of guanidine groups is 1. The fourth-order valence-electron chi connectivity index (χ4n) is 4.14. The maximum Gasteiger partial charge on any atom is 0.260 e. The molecule has 1 fully saturated rings. The number of nitrogens with zero attached hydrogens (tertiary/aromatic N) is 3. The van der Waals surface area contributed by atoms with E-state index in [4.69, 9.17) is 11.6 Å². The largest absolute Gasteiger partial charge is 0.330 e. The Balaban J connectivity index is 1.94. The molecule has 3 rings (SSSR count). The van der Waals surface area contributed by atoms with E-state index in [2.05, 4.69) is 26.0 Å². The minimum atomic E-state index is -0.726. The van der Waals surface area contributed by atoms with E-state index in [-0.39, 0.29) is 11.9 Å². The summed E-state index contributed by atoms with van der Waals surface area (Å²) in [6.07, 6.45) is 7.86. The van der Waals surface area contributed by atoms with Gasteiger partial charge in [0.1, 0.15) is 6.17 Å². The summed E-state index contributed by atoms with van der Waals surface area (Å²) in [6.45, 7) is 4.10. The van der Waals surface area contributed by atoms with Gasteiger partial charge in [-0.1, -0.05) is 50.1 Å². The molecular weight excluding hydrogens is 444 g/mol. The first-order valence-corrected chi connectivity index (χ1v) is 11.4. The summed E-state index contributed by atoms with van der Waals surface area (Å²) < 4.78 is 0. The van der Waals surface area contributed by atoms with Crippen LogP contribution < -0.4 is 16.1 Å². The van der Waals surface area contributed by atoms with Crippen molar-refractivity contribution in [3.8, 4) is 0 Å². The van der Waals surface area contributed by atoms with Crippen molar-refractivity contribution >= 4 is 29.2 Å². The van der Waals surface area contributed by atoms with E-state index in [1.54, 1.807) is 42.6 Å². The number of nitrogens with one attached hydrogen (secondary N) is 3. The molecule has 0 aliphatic heterocycles. The number of rotatable bonds is 7. The summed E-state index contributed by atoms with van der Waals surface area (Å²) in [5.74, 6) is -0.106. The molecule has 1 atom stereocenters. The maximum atomic E-state index is 13.0. The van der Waals surface area contributed by atoms with Crippen LogP contribution in [0.15, 0.2) is 53.8 Å². The van der Waals surface area contributed by atoms with Crippen molar-refractivity contribution in [3.63, 3.8) is 0 Å². The first kappa shape index (κ1) is 24.4. The van der Waals surface area contributed by atoms with E-state index >= 15 is 0 Å². The van der Waals surface area contributed by atoms with Crippen LogP contribution in [-0.4, -0.2) is 28.0 Å². The number of hydrazine groups is 1. The molecule has 1 aliphatic carbocycles. The van der Waals surface area contributed by atoms with Crippen molar-refractivity contribution in [2.24, 2.45) is 16.3 Å². The monoisotopic (exact) mass is 472 g/mol. The minimum Gasteiger partial charge on any atom is -0.330 e. The fourth-order valence-corrected chi connectivity index (χ4v) is 4.27. The summed E-state index contributed by atoms with van der Waals surface area (Å²) in [5, 5.41) is 17.0. The van der Waals surface area contributed by atoms with Crippen LogP contribution in [0.2, 0.25) is 5.02 Å². The molecule has 176 valence electrons. The Morgan fingerprint density at radius 2 is 1.91 bits per heavy atom. The number of anilines is 1. The zero-order chi connectivity index (χ0) is 23.8. The Labute approximate surface area is 198 Å². The lowest BCUT2D eigenvalue weighted by atomic mass is 9.69. The predicted molar refractivity (Wildman–Crippen MR) is 128 cm³/mol. The van der Waals surface area contributed by atoms with Gasteiger partial charge in [0.05, 0.1) is 11.9 Å². The van der Waals surface area contributed by atoms with E-state index in [1.165, 1.54) is 12.6 Å². The Bertz CT molecular complexity index is 975. The number of benzene rings is 1. The lowest BCUT2D eigenvalue weighted by Gasteiger charge is -2.41. The molecule has 1 saturated carbocycles. The topological polar surface area (TPSA) is 122 Å². The lowest BCUT2D eigenvalue weighted by Crippen LogP contribution is -2.50. The Hall–Kier alpha value is -3.20. The number of aromatic nitrogens is 1. The molecule has 2 aromatic rings. The molecular formula is C23H29ClN6O3. The van der Waals surface area contributed by atoms with Gasteiger partial charge in [0.15, 0.2) is 5.03 Å². The molecule has 1 aliphatic rings. The maximum absolute atomic E-state index is 13.0. The van der Waals surface area contributed by atoms with Gasteiger partial charge in [-0.2, -0.15) is 0 Å². The third kappa shape index (κ3) is 6.89. The van der Waals surface area contributed by atoms with Gasteiger partial charge in [-0.05, 0) is 55.2 Å². The number of amides is 1. The highest BCUT2D eigenvalue weighted by atomic mass is 35.5. The van der Waals surface area contributed by atoms with Crippen molar-refractivity contribution in [2.45, 2.75) is 52.1 Å². The van der Waals surface area contributed by atoms with Crippen molar-refractivity contribution in [3.05, 3.63) is 69.5 Å². The fraction of sp³-hybridized carbons (Fsp3) is 0.435. The Morgan fingerprint density at radius 3 is 2.52 bits per heavy atom. The molecule has 9 nitrogen and oxygen atoms in total. The molecule has 3 N–H and O–H groups in total. The van der Waals surface area contributed by atoms with Gasteiger partial charge in [0, 0.05) is 22.2 Å². The summed E-state index contributed by atoms with van der Waals surface area (Å²) in [5.41, 5.74) is 2.63. The second-order valence-electron chi connectivity index (χ2n) is 8.75. The smallest absolute Gasteiger partial charge is 0.260 e. The molecule has 33 heavy (non-hydrogen) atoms. The first-order chi connectivity index (χ1) is 15.8. The second-order valence-corrected chi connectivity index (χ2v) is 9.19. The molecule has 0 saturated heterocycles. The highest BCUT2D eigenvalue weighted by Crippen LogP contribution is 2.41. The van der Waals surface area contributed by atoms with Crippen LogP contribution >= 0.6 is 11.6 Å². The van der Waals surface area contributed by atoms with Crippen LogP contribution in [0.3, 0.4) is 0 Å². The van der Waals surface area contributed by atoms with E-state index in [0.717, 1.165) is 25.7 Å². The number of pyridine rings is 1. The number of hydrogen-bond donors (Lipinski definition) is 3. The molecule has 0 spiro atoms. The Kier molecular flexibility index (Phi) is 8.21. The summed E-state index contributed by atoms with van der Waals surface area (Å²) in [7, 11) is 0. The Morgan fingerprint density at radius 1 is 1.21 bits per heavy atom. The van der Waals surface area contributed by atoms with Crippen molar-refractivity contribution in [1.82, 2.24) is 15.7 Å². The zero-order valence-electron chi connectivity index (χ0n) is 18.8. The third-order valence-corrected chi connectivity index (χ3v) is 6.37. The van der Waals surface area contributed by atoms with Gasteiger partial charge in [0.25, 0.3) is 11.9 Å². The first-order valence-electron chi connectivity index (χ1n) is 11.0. The molecule has 1 unspecified atom stereocenters. The van der Waals surface area contributed by atoms with E-state index in [9.17, 15) is 14.9 Å². The standard InChI is InChI=1S/C23H29ClN6O3/c1-23(2,17-7-4-3-5-8-17)21(27-20(31)16-10-12-18(24)13-11-16)28-22(29-30(32)33)26-19-9-6-14-25-15-19/h6,9-15,17,21H,3-5,7-8H2,1-2H3,(H,27,31)(H2,26,28,29). The van der Waals surface area contributed by atoms with Crippen LogP contribution in [0.25, 0.3) is 0 Å². The molecule has 1 aromatic heterocycles. The minimum absolute atomic E-state index is 0.0849. The highest BCUT2D eigenvalue weighted by Gasteiger charge is 2.39. The second kappa shape index (κ2) is 11.1.